The van der Waals surface area contributed by atoms with E-state index >= 15 is 0 Å². The van der Waals surface area contributed by atoms with Gasteiger partial charge in [0, 0.05) is 24.5 Å². The maximum atomic E-state index is 12.4. The summed E-state index contributed by atoms with van der Waals surface area (Å²) >= 11 is 0. The normalized spacial score (nSPS) is 16.5. The van der Waals surface area contributed by atoms with Crippen molar-refractivity contribution in [3.8, 4) is 5.69 Å². The van der Waals surface area contributed by atoms with Crippen molar-refractivity contribution in [1.82, 2.24) is 9.13 Å². The molecule has 1 saturated carbocycles. The minimum Gasteiger partial charge on any atom is -0.302 e. The first-order valence-electron chi connectivity index (χ1n) is 7.53. The van der Waals surface area contributed by atoms with E-state index in [4.69, 9.17) is 0 Å². The van der Waals surface area contributed by atoms with Gasteiger partial charge in [-0.15, -0.1) is 0 Å². The molecule has 1 aromatic heterocycles. The van der Waals surface area contributed by atoms with Crippen LogP contribution in [0.1, 0.15) is 36.9 Å². The molecule has 3 rings (SSSR count). The molecule has 1 fully saturated rings. The number of aliphatic imine (C=N–C) groups is 1. The lowest BCUT2D eigenvalue weighted by Crippen LogP contribution is -2.27. The molecule has 0 N–H and O–H groups in total. The van der Waals surface area contributed by atoms with E-state index in [-0.39, 0.29) is 5.69 Å². The fraction of sp³-hybridized carbons (Fsp3) is 0.412. The summed E-state index contributed by atoms with van der Waals surface area (Å²) in [5, 5.41) is 0. The van der Waals surface area contributed by atoms with Gasteiger partial charge in [0.25, 0.3) is 0 Å². The smallest absolute Gasteiger partial charge is 0.302 e. The number of rotatable bonds is 3. The molecular weight excluding hydrogens is 278 g/mol. The Kier molecular flexibility index (Phi) is 3.59. The first-order chi connectivity index (χ1) is 10.6. The van der Waals surface area contributed by atoms with Gasteiger partial charge >= 0.3 is 5.69 Å². The first-order valence-corrected chi connectivity index (χ1v) is 7.53. The molecule has 2 aromatic rings. The van der Waals surface area contributed by atoms with Crippen LogP contribution >= 0.6 is 0 Å². The molecule has 5 heteroatoms. The number of aryl methyl sites for hydroxylation is 2. The Morgan fingerprint density at radius 1 is 1.23 bits per heavy atom. The SMILES string of the molecule is Cc1cn(C)c(=O)n1-c1ccccc1C1(N=C=O)CCCC1. The molecule has 22 heavy (non-hydrogen) atoms. The molecule has 0 bridgehead atoms. The van der Waals surface area contributed by atoms with E-state index in [0.717, 1.165) is 42.6 Å². The lowest BCUT2D eigenvalue weighted by atomic mass is 9.87. The van der Waals surface area contributed by atoms with Crippen molar-refractivity contribution >= 4 is 6.08 Å². The minimum atomic E-state index is -0.542. The van der Waals surface area contributed by atoms with Crippen molar-refractivity contribution in [1.29, 1.82) is 0 Å². The summed E-state index contributed by atoms with van der Waals surface area (Å²) in [7, 11) is 1.74. The topological polar surface area (TPSA) is 56.4 Å². The summed E-state index contributed by atoms with van der Waals surface area (Å²) in [5.74, 6) is 0. The number of aromatic nitrogens is 2. The van der Waals surface area contributed by atoms with Gasteiger partial charge < -0.3 is 4.57 Å². The fourth-order valence-corrected chi connectivity index (χ4v) is 3.55. The van der Waals surface area contributed by atoms with Gasteiger partial charge in [-0.1, -0.05) is 31.0 Å². The lowest BCUT2D eigenvalue weighted by Gasteiger charge is -2.26. The standard InChI is InChI=1S/C17H19N3O2/c1-13-11-19(2)16(22)20(13)15-8-4-3-7-14(15)17(18-12-21)9-5-6-10-17/h3-4,7-8,11H,5-6,9-10H2,1-2H3. The van der Waals surface area contributed by atoms with Crippen molar-refractivity contribution < 1.29 is 4.79 Å². The van der Waals surface area contributed by atoms with Crippen LogP contribution in [0.3, 0.4) is 0 Å². The van der Waals surface area contributed by atoms with Crippen LogP contribution in [0.25, 0.3) is 5.69 Å². The van der Waals surface area contributed by atoms with E-state index in [2.05, 4.69) is 4.99 Å². The highest BCUT2D eigenvalue weighted by molar-refractivity contribution is 5.49. The van der Waals surface area contributed by atoms with Crippen molar-refractivity contribution in [2.75, 3.05) is 0 Å². The minimum absolute atomic E-state index is 0.0896. The van der Waals surface area contributed by atoms with Gasteiger partial charge in [-0.25, -0.2) is 9.59 Å². The zero-order valence-electron chi connectivity index (χ0n) is 12.9. The molecule has 0 aliphatic heterocycles. The summed E-state index contributed by atoms with van der Waals surface area (Å²) in [4.78, 5) is 27.5. The number of imidazole rings is 1. The summed E-state index contributed by atoms with van der Waals surface area (Å²) in [5.41, 5.74) is 1.98. The van der Waals surface area contributed by atoms with E-state index in [1.54, 1.807) is 22.3 Å². The number of isocyanates is 1. The predicted octanol–water partition coefficient (Wildman–Crippen LogP) is 2.59. The van der Waals surface area contributed by atoms with E-state index in [9.17, 15) is 9.59 Å². The molecule has 0 radical (unpaired) electrons. The number of nitrogens with zero attached hydrogens (tertiary/aromatic N) is 3. The molecule has 1 heterocycles. The zero-order valence-corrected chi connectivity index (χ0v) is 12.9. The second-order valence-electron chi connectivity index (χ2n) is 5.96. The largest absolute Gasteiger partial charge is 0.332 e. The van der Waals surface area contributed by atoms with Crippen molar-refractivity contribution in [3.05, 3.63) is 52.2 Å². The zero-order chi connectivity index (χ0) is 15.7. The first kappa shape index (κ1) is 14.5. The molecule has 0 amide bonds. The third kappa shape index (κ3) is 2.14. The second-order valence-corrected chi connectivity index (χ2v) is 5.96. The molecule has 0 atom stereocenters. The van der Waals surface area contributed by atoms with Crippen LogP contribution in [0.15, 0.2) is 40.2 Å². The Bertz CT molecular complexity index is 804. The highest BCUT2D eigenvalue weighted by Gasteiger charge is 2.38. The number of hydrogen-bond donors (Lipinski definition) is 0. The van der Waals surface area contributed by atoms with Crippen LogP contribution in [-0.4, -0.2) is 15.2 Å². The number of carbonyl (C=O) groups excluding carboxylic acids is 1. The fourth-order valence-electron chi connectivity index (χ4n) is 3.55. The Morgan fingerprint density at radius 3 is 2.50 bits per heavy atom. The molecule has 1 aliphatic rings. The van der Waals surface area contributed by atoms with Gasteiger partial charge in [-0.05, 0) is 25.8 Å². The van der Waals surface area contributed by atoms with E-state index in [1.165, 1.54) is 0 Å². The van der Waals surface area contributed by atoms with E-state index in [0.29, 0.717) is 0 Å². The molecule has 1 aromatic carbocycles. The van der Waals surface area contributed by atoms with Crippen LogP contribution in [0.5, 0.6) is 0 Å². The van der Waals surface area contributed by atoms with Gasteiger partial charge in [0.15, 0.2) is 0 Å². The molecular formula is C17H19N3O2. The number of benzene rings is 1. The molecule has 114 valence electrons. The van der Waals surface area contributed by atoms with Gasteiger partial charge in [0.1, 0.15) is 5.54 Å². The second kappa shape index (κ2) is 5.43. The van der Waals surface area contributed by atoms with Crippen LogP contribution in [0.2, 0.25) is 0 Å². The van der Waals surface area contributed by atoms with Crippen LogP contribution < -0.4 is 5.69 Å². The Hall–Kier alpha value is -2.39. The monoisotopic (exact) mass is 297 g/mol. The van der Waals surface area contributed by atoms with Gasteiger partial charge in [0.2, 0.25) is 6.08 Å². The maximum absolute atomic E-state index is 12.4. The Morgan fingerprint density at radius 2 is 1.91 bits per heavy atom. The van der Waals surface area contributed by atoms with E-state index in [1.807, 2.05) is 37.4 Å². The van der Waals surface area contributed by atoms with Crippen molar-refractivity contribution in [2.45, 2.75) is 38.1 Å². The van der Waals surface area contributed by atoms with E-state index < -0.39 is 5.54 Å². The summed E-state index contributed by atoms with van der Waals surface area (Å²) in [6.07, 6.45) is 7.25. The number of hydrogen-bond acceptors (Lipinski definition) is 3. The van der Waals surface area contributed by atoms with Crippen LogP contribution in [0.4, 0.5) is 0 Å². The van der Waals surface area contributed by atoms with Crippen LogP contribution in [0, 0.1) is 6.92 Å². The Balaban J connectivity index is 2.27. The molecule has 0 spiro atoms. The quantitative estimate of drug-likeness (QED) is 0.646. The molecule has 5 nitrogen and oxygen atoms in total. The average Bonchev–Trinajstić information content (AvgIpc) is 3.06. The summed E-state index contributed by atoms with van der Waals surface area (Å²) in [6.45, 7) is 1.91. The summed E-state index contributed by atoms with van der Waals surface area (Å²) in [6, 6.07) is 7.73. The average molecular weight is 297 g/mol. The van der Waals surface area contributed by atoms with Crippen molar-refractivity contribution in [3.63, 3.8) is 0 Å². The van der Waals surface area contributed by atoms with Crippen LogP contribution in [-0.2, 0) is 17.4 Å². The third-order valence-corrected chi connectivity index (χ3v) is 4.56. The molecule has 1 aliphatic carbocycles. The highest BCUT2D eigenvalue weighted by Crippen LogP contribution is 2.44. The Labute approximate surface area is 128 Å². The van der Waals surface area contributed by atoms with Gasteiger partial charge in [-0.3, -0.25) is 4.57 Å². The number of para-hydroxylation sites is 1. The van der Waals surface area contributed by atoms with Crippen molar-refractivity contribution in [2.24, 2.45) is 12.0 Å². The molecule has 0 saturated heterocycles. The van der Waals surface area contributed by atoms with Gasteiger partial charge in [-0.2, -0.15) is 4.99 Å². The van der Waals surface area contributed by atoms with Gasteiger partial charge in [0.05, 0.1) is 5.69 Å². The summed E-state index contributed by atoms with van der Waals surface area (Å²) < 4.78 is 3.26. The maximum Gasteiger partial charge on any atom is 0.332 e. The molecule has 0 unspecified atom stereocenters. The third-order valence-electron chi connectivity index (χ3n) is 4.56. The highest BCUT2D eigenvalue weighted by atomic mass is 16.1. The lowest BCUT2D eigenvalue weighted by molar-refractivity contribution is 0.454. The predicted molar refractivity (Wildman–Crippen MR) is 84.0 cm³/mol.